The number of nitrogens with one attached hydrogen (secondary N) is 3. The van der Waals surface area contributed by atoms with Crippen molar-refractivity contribution in [2.75, 3.05) is 42.8 Å². The summed E-state index contributed by atoms with van der Waals surface area (Å²) in [7, 11) is 5.65. The zero-order chi connectivity index (χ0) is 28.5. The summed E-state index contributed by atoms with van der Waals surface area (Å²) in [6.45, 7) is 5.92. The zero-order valence-electron chi connectivity index (χ0n) is 23.0. The molecule has 13 heteroatoms. The van der Waals surface area contributed by atoms with Crippen molar-refractivity contribution < 1.29 is 23.5 Å². The average Bonchev–Trinajstić information content (AvgIpc) is 3.17. The molecule has 5 N–H and O–H groups in total. The van der Waals surface area contributed by atoms with E-state index in [1.807, 2.05) is 44.2 Å². The minimum Gasteiger partial charge on any atom is -0.444 e. The molecular weight excluding hydrogens is 507 g/mol. The minimum atomic E-state index is -0.831. The molecular formula is C26H35FN8O4. The maximum atomic E-state index is 15.1. The Balaban J connectivity index is 1.62. The van der Waals surface area contributed by atoms with Gasteiger partial charge in [-0.05, 0) is 51.5 Å². The van der Waals surface area contributed by atoms with Crippen LogP contribution in [0.4, 0.5) is 32.3 Å². The molecule has 39 heavy (non-hydrogen) atoms. The number of primary amides is 1. The highest BCUT2D eigenvalue weighted by molar-refractivity contribution is 5.99. The molecule has 0 aliphatic carbocycles. The predicted octanol–water partition coefficient (Wildman–Crippen LogP) is 3.11. The first-order chi connectivity index (χ1) is 18.3. The lowest BCUT2D eigenvalue weighted by molar-refractivity contribution is 0.0317. The number of pyridine rings is 1. The average molecular weight is 543 g/mol. The van der Waals surface area contributed by atoms with Crippen molar-refractivity contribution in [3.63, 3.8) is 0 Å². The Morgan fingerprint density at radius 1 is 1.21 bits per heavy atom. The molecule has 0 spiro atoms. The van der Waals surface area contributed by atoms with E-state index < -0.39 is 35.5 Å². The van der Waals surface area contributed by atoms with Crippen molar-refractivity contribution in [3.05, 3.63) is 35.6 Å². The Hall–Kier alpha value is -4.13. The fourth-order valence-electron chi connectivity index (χ4n) is 4.35. The van der Waals surface area contributed by atoms with Crippen LogP contribution in [0.1, 0.15) is 37.6 Å². The quantitative estimate of drug-likeness (QED) is 0.353. The number of anilines is 4. The van der Waals surface area contributed by atoms with Gasteiger partial charge >= 0.3 is 6.09 Å². The van der Waals surface area contributed by atoms with Gasteiger partial charge in [-0.3, -0.25) is 9.48 Å². The van der Waals surface area contributed by atoms with Crippen LogP contribution in [0.15, 0.2) is 24.3 Å². The first kappa shape index (κ1) is 27.9. The maximum Gasteiger partial charge on any atom is 0.408 e. The predicted molar refractivity (Wildman–Crippen MR) is 147 cm³/mol. The van der Waals surface area contributed by atoms with Gasteiger partial charge in [-0.2, -0.15) is 5.10 Å². The SMILES string of the molecule is CN(C)c1nn(C)c2ccc(Nc3nc(N[C@@H]4CCOC[C@@H]4NC(=O)OC(C)(C)C)c(F)cc3C(N)=O)cc12. The van der Waals surface area contributed by atoms with Crippen molar-refractivity contribution in [1.29, 1.82) is 0 Å². The number of rotatable bonds is 7. The highest BCUT2D eigenvalue weighted by Crippen LogP contribution is 2.30. The molecule has 3 aromatic rings. The Kier molecular flexibility index (Phi) is 7.82. The van der Waals surface area contributed by atoms with E-state index >= 15 is 4.39 Å². The monoisotopic (exact) mass is 542 g/mol. The van der Waals surface area contributed by atoms with Crippen LogP contribution in [-0.2, 0) is 16.5 Å². The van der Waals surface area contributed by atoms with Gasteiger partial charge in [0.05, 0.1) is 29.8 Å². The number of aromatic nitrogens is 3. The number of nitrogens with zero attached hydrogens (tertiary/aromatic N) is 4. The number of alkyl carbamates (subject to hydrolysis) is 1. The first-order valence-corrected chi connectivity index (χ1v) is 12.6. The van der Waals surface area contributed by atoms with Crippen LogP contribution in [0.3, 0.4) is 0 Å². The molecule has 1 aliphatic heterocycles. The normalized spacial score (nSPS) is 17.5. The number of amides is 2. The third-order valence-corrected chi connectivity index (χ3v) is 6.14. The van der Waals surface area contributed by atoms with Crippen LogP contribution in [0.2, 0.25) is 0 Å². The summed E-state index contributed by atoms with van der Waals surface area (Å²) in [5, 5.41) is 14.4. The highest BCUT2D eigenvalue weighted by Gasteiger charge is 2.30. The lowest BCUT2D eigenvalue weighted by Gasteiger charge is -2.33. The Morgan fingerprint density at radius 3 is 2.62 bits per heavy atom. The second-order valence-corrected chi connectivity index (χ2v) is 10.6. The summed E-state index contributed by atoms with van der Waals surface area (Å²) in [6.07, 6.45) is -0.125. The molecule has 1 fully saturated rings. The van der Waals surface area contributed by atoms with E-state index in [1.54, 1.807) is 25.5 Å². The van der Waals surface area contributed by atoms with Crippen LogP contribution >= 0.6 is 0 Å². The van der Waals surface area contributed by atoms with Crippen LogP contribution in [-0.4, -0.2) is 71.8 Å². The topological polar surface area (TPSA) is 149 Å². The van der Waals surface area contributed by atoms with Gasteiger partial charge in [0.1, 0.15) is 11.4 Å². The standard InChI is InChI=1S/C26H35FN8O4/c1-26(2,3)39-25(37)31-19-13-38-10-9-18(19)30-23-17(27)12-16(21(28)36)22(32-23)29-14-7-8-20-15(11-14)24(34(4)5)33-35(20)6/h7-8,11-12,18-19H,9-10,13H2,1-6H3,(H2,28,36)(H,31,37)(H2,29,30,32)/t18-,19+/m1/s1. The zero-order valence-corrected chi connectivity index (χ0v) is 23.0. The molecule has 0 unspecified atom stereocenters. The lowest BCUT2D eigenvalue weighted by Crippen LogP contribution is -2.53. The number of ether oxygens (including phenoxy) is 2. The Morgan fingerprint density at radius 2 is 1.95 bits per heavy atom. The highest BCUT2D eigenvalue weighted by atomic mass is 19.1. The number of hydrogen-bond donors (Lipinski definition) is 4. The van der Waals surface area contributed by atoms with Crippen molar-refractivity contribution >= 4 is 46.0 Å². The van der Waals surface area contributed by atoms with Crippen molar-refractivity contribution in [2.45, 2.75) is 44.9 Å². The molecule has 3 heterocycles. The molecule has 0 radical (unpaired) electrons. The molecule has 1 saturated heterocycles. The van der Waals surface area contributed by atoms with Gasteiger partial charge < -0.3 is 36.1 Å². The first-order valence-electron chi connectivity index (χ1n) is 12.6. The van der Waals surface area contributed by atoms with Crippen molar-refractivity contribution in [1.82, 2.24) is 20.1 Å². The van der Waals surface area contributed by atoms with E-state index in [4.69, 9.17) is 15.2 Å². The van der Waals surface area contributed by atoms with Gasteiger partial charge in [0.15, 0.2) is 17.5 Å². The molecule has 1 aromatic carbocycles. The number of carbonyl (C=O) groups is 2. The van der Waals surface area contributed by atoms with E-state index in [1.165, 1.54) is 0 Å². The fourth-order valence-corrected chi connectivity index (χ4v) is 4.35. The van der Waals surface area contributed by atoms with Gasteiger partial charge in [-0.15, -0.1) is 0 Å². The van der Waals surface area contributed by atoms with Gasteiger partial charge in [-0.25, -0.2) is 14.2 Å². The summed E-state index contributed by atoms with van der Waals surface area (Å²) in [6, 6.07) is 5.71. The Labute approximate surface area is 226 Å². The summed E-state index contributed by atoms with van der Waals surface area (Å²) >= 11 is 0. The number of aryl methyl sites for hydroxylation is 1. The molecule has 2 atom stereocenters. The van der Waals surface area contributed by atoms with Gasteiger partial charge in [0, 0.05) is 38.8 Å². The maximum absolute atomic E-state index is 15.1. The van der Waals surface area contributed by atoms with Gasteiger partial charge in [0.25, 0.3) is 5.91 Å². The molecule has 0 saturated carbocycles. The van der Waals surface area contributed by atoms with Crippen LogP contribution < -0.4 is 26.6 Å². The lowest BCUT2D eigenvalue weighted by atomic mass is 10.0. The van der Waals surface area contributed by atoms with E-state index in [0.717, 1.165) is 22.8 Å². The fraction of sp³-hybridized carbons (Fsp3) is 0.462. The minimum absolute atomic E-state index is 0.0877. The third kappa shape index (κ3) is 6.48. The molecule has 2 amide bonds. The van der Waals surface area contributed by atoms with Crippen molar-refractivity contribution in [3.8, 4) is 0 Å². The Bertz CT molecular complexity index is 1380. The second-order valence-electron chi connectivity index (χ2n) is 10.6. The van der Waals surface area contributed by atoms with Crippen LogP contribution in [0, 0.1) is 5.82 Å². The van der Waals surface area contributed by atoms with Crippen LogP contribution in [0.5, 0.6) is 0 Å². The summed E-state index contributed by atoms with van der Waals surface area (Å²) in [4.78, 5) is 30.8. The second kappa shape index (κ2) is 10.9. The molecule has 0 bridgehead atoms. The molecule has 12 nitrogen and oxygen atoms in total. The number of halogens is 1. The van der Waals surface area contributed by atoms with E-state index in [0.29, 0.717) is 18.7 Å². The van der Waals surface area contributed by atoms with Crippen molar-refractivity contribution in [2.24, 2.45) is 12.8 Å². The van der Waals surface area contributed by atoms with Crippen LogP contribution in [0.25, 0.3) is 10.9 Å². The van der Waals surface area contributed by atoms with E-state index in [2.05, 4.69) is 26.0 Å². The number of carbonyl (C=O) groups excluding carboxylic acids is 2. The largest absolute Gasteiger partial charge is 0.444 e. The molecule has 2 aromatic heterocycles. The number of nitrogens with two attached hydrogens (primary N) is 1. The van der Waals surface area contributed by atoms with Gasteiger partial charge in [0.2, 0.25) is 0 Å². The summed E-state index contributed by atoms with van der Waals surface area (Å²) < 4.78 is 27.8. The number of hydrogen-bond acceptors (Lipinski definition) is 9. The summed E-state index contributed by atoms with van der Waals surface area (Å²) in [5.41, 5.74) is 6.30. The van der Waals surface area contributed by atoms with E-state index in [-0.39, 0.29) is 23.8 Å². The molecule has 4 rings (SSSR count). The third-order valence-electron chi connectivity index (χ3n) is 6.14. The number of benzene rings is 1. The van der Waals surface area contributed by atoms with E-state index in [9.17, 15) is 9.59 Å². The smallest absolute Gasteiger partial charge is 0.408 e. The van der Waals surface area contributed by atoms with Gasteiger partial charge in [-0.1, -0.05) is 0 Å². The summed E-state index contributed by atoms with van der Waals surface area (Å²) in [5.74, 6) is -0.827. The number of fused-ring (bicyclic) bond motifs is 1. The molecule has 1 aliphatic rings. The molecule has 210 valence electrons.